The van der Waals surface area contributed by atoms with Gasteiger partial charge in [-0.15, -0.1) is 0 Å². The molecule has 1 saturated heterocycles. The summed E-state index contributed by atoms with van der Waals surface area (Å²) in [7, 11) is 0. The number of carbonyl (C=O) groups excluding carboxylic acids is 3. The molecule has 0 unspecified atom stereocenters. The van der Waals surface area contributed by atoms with Crippen LogP contribution >= 0.6 is 23.2 Å². The Kier molecular flexibility index (Phi) is 4.26. The Morgan fingerprint density at radius 3 is 2.14 bits per heavy atom. The summed E-state index contributed by atoms with van der Waals surface area (Å²) in [4.78, 5) is 39.5. The minimum absolute atomic E-state index is 0.137. The molecule has 3 amide bonds. The lowest BCUT2D eigenvalue weighted by Crippen LogP contribution is -2.32. The number of amides is 3. The van der Waals surface area contributed by atoms with Crippen LogP contribution in [0.4, 0.5) is 11.4 Å². The maximum absolute atomic E-state index is 12.9. The van der Waals surface area contributed by atoms with Gasteiger partial charge in [-0.2, -0.15) is 0 Å². The third-order valence-corrected chi connectivity index (χ3v) is 6.59. The van der Waals surface area contributed by atoms with Gasteiger partial charge in [-0.05, 0) is 60.7 Å². The highest BCUT2D eigenvalue weighted by Crippen LogP contribution is 2.53. The molecule has 3 aliphatic rings. The highest BCUT2D eigenvalue weighted by atomic mass is 35.5. The number of carbonyl (C=O) groups is 3. The second kappa shape index (κ2) is 6.71. The van der Waals surface area contributed by atoms with E-state index in [1.54, 1.807) is 42.5 Å². The molecular weight excluding hydrogens is 411 g/mol. The molecule has 0 aromatic heterocycles. The number of nitrogens with zero attached hydrogens (tertiary/aromatic N) is 1. The lowest BCUT2D eigenvalue weighted by atomic mass is 9.85. The number of halogens is 2. The molecule has 2 aromatic carbocycles. The number of rotatable bonds is 3. The van der Waals surface area contributed by atoms with Crippen molar-refractivity contribution in [2.24, 2.45) is 23.7 Å². The molecule has 4 atom stereocenters. The number of nitrogens with one attached hydrogen (secondary N) is 1. The Bertz CT molecular complexity index is 1050. The van der Waals surface area contributed by atoms with E-state index < -0.39 is 0 Å². The van der Waals surface area contributed by atoms with Gasteiger partial charge in [0, 0.05) is 10.6 Å². The minimum Gasteiger partial charge on any atom is -0.321 e. The Balaban J connectivity index is 1.35. The summed E-state index contributed by atoms with van der Waals surface area (Å²) >= 11 is 12.0. The quantitative estimate of drug-likeness (QED) is 0.577. The molecule has 1 saturated carbocycles. The van der Waals surface area contributed by atoms with E-state index in [9.17, 15) is 14.4 Å². The third-order valence-electron chi connectivity index (χ3n) is 6.04. The molecule has 5 nitrogen and oxygen atoms in total. The van der Waals surface area contributed by atoms with Gasteiger partial charge in [-0.25, -0.2) is 0 Å². The van der Waals surface area contributed by atoms with Crippen LogP contribution in [0.3, 0.4) is 0 Å². The average molecular weight is 427 g/mol. The molecule has 29 heavy (non-hydrogen) atoms. The second-order valence-electron chi connectivity index (χ2n) is 7.64. The number of hydrogen-bond acceptors (Lipinski definition) is 3. The molecule has 0 radical (unpaired) electrons. The maximum Gasteiger partial charge on any atom is 0.255 e. The summed E-state index contributed by atoms with van der Waals surface area (Å²) in [6.07, 6.45) is 5.03. The predicted octanol–water partition coefficient (Wildman–Crippen LogP) is 4.56. The first kappa shape index (κ1) is 18.4. The van der Waals surface area contributed by atoms with Gasteiger partial charge in [0.05, 0.1) is 28.2 Å². The van der Waals surface area contributed by atoms with Crippen LogP contribution in [0, 0.1) is 23.7 Å². The van der Waals surface area contributed by atoms with Gasteiger partial charge >= 0.3 is 0 Å². The second-order valence-corrected chi connectivity index (χ2v) is 8.48. The van der Waals surface area contributed by atoms with Crippen molar-refractivity contribution in [3.8, 4) is 0 Å². The average Bonchev–Trinajstić information content (AvgIpc) is 3.38. The molecule has 1 heterocycles. The van der Waals surface area contributed by atoms with Crippen molar-refractivity contribution >= 4 is 52.3 Å². The van der Waals surface area contributed by atoms with Crippen molar-refractivity contribution in [1.29, 1.82) is 0 Å². The fraction of sp³-hybridized carbons (Fsp3) is 0.227. The number of benzene rings is 2. The van der Waals surface area contributed by atoms with Gasteiger partial charge in [0.2, 0.25) is 11.8 Å². The van der Waals surface area contributed by atoms with Crippen LogP contribution in [0.2, 0.25) is 10.0 Å². The van der Waals surface area contributed by atoms with E-state index in [2.05, 4.69) is 17.5 Å². The molecule has 1 aliphatic heterocycles. The molecule has 2 aliphatic carbocycles. The normalized spacial score (nSPS) is 26.9. The van der Waals surface area contributed by atoms with Gasteiger partial charge in [0.1, 0.15) is 0 Å². The number of fused-ring (bicyclic) bond motifs is 5. The van der Waals surface area contributed by atoms with Crippen LogP contribution in [-0.4, -0.2) is 17.7 Å². The van der Waals surface area contributed by atoms with Gasteiger partial charge < -0.3 is 5.32 Å². The summed E-state index contributed by atoms with van der Waals surface area (Å²) in [6.45, 7) is 0. The van der Waals surface area contributed by atoms with Crippen molar-refractivity contribution in [3.05, 3.63) is 70.2 Å². The topological polar surface area (TPSA) is 66.5 Å². The van der Waals surface area contributed by atoms with Crippen molar-refractivity contribution in [2.45, 2.75) is 6.42 Å². The van der Waals surface area contributed by atoms with E-state index in [1.165, 1.54) is 4.90 Å². The fourth-order valence-electron chi connectivity index (χ4n) is 4.70. The van der Waals surface area contributed by atoms with E-state index >= 15 is 0 Å². The van der Waals surface area contributed by atoms with Crippen molar-refractivity contribution in [2.75, 3.05) is 10.2 Å². The molecule has 2 bridgehead atoms. The first-order valence-corrected chi connectivity index (χ1v) is 10.1. The fourth-order valence-corrected chi connectivity index (χ4v) is 5.16. The lowest BCUT2D eigenvalue weighted by molar-refractivity contribution is -0.123. The highest BCUT2D eigenvalue weighted by molar-refractivity contribution is 6.36. The Morgan fingerprint density at radius 2 is 1.55 bits per heavy atom. The monoisotopic (exact) mass is 426 g/mol. The zero-order valence-corrected chi connectivity index (χ0v) is 16.7. The summed E-state index contributed by atoms with van der Waals surface area (Å²) in [5, 5.41) is 3.54. The smallest absolute Gasteiger partial charge is 0.255 e. The third kappa shape index (κ3) is 2.88. The molecular formula is C22H16Cl2N2O3. The molecule has 7 heteroatoms. The Hall–Kier alpha value is -2.63. The molecule has 5 rings (SSSR count). The van der Waals surface area contributed by atoms with Crippen LogP contribution in [0.15, 0.2) is 54.6 Å². The predicted molar refractivity (Wildman–Crippen MR) is 111 cm³/mol. The zero-order chi connectivity index (χ0) is 20.3. The van der Waals surface area contributed by atoms with Crippen LogP contribution in [0.5, 0.6) is 0 Å². The summed E-state index contributed by atoms with van der Waals surface area (Å²) in [6, 6.07) is 11.3. The van der Waals surface area contributed by atoms with Crippen LogP contribution in [0.1, 0.15) is 16.8 Å². The van der Waals surface area contributed by atoms with E-state index in [0.717, 1.165) is 6.42 Å². The number of anilines is 2. The Labute approximate surface area is 177 Å². The number of allylic oxidation sites excluding steroid dienone is 2. The van der Waals surface area contributed by atoms with E-state index in [0.29, 0.717) is 27.0 Å². The van der Waals surface area contributed by atoms with Gasteiger partial charge in [-0.1, -0.05) is 35.4 Å². The van der Waals surface area contributed by atoms with E-state index in [4.69, 9.17) is 23.2 Å². The molecule has 1 N–H and O–H groups in total. The number of imide groups is 1. The van der Waals surface area contributed by atoms with E-state index in [-0.39, 0.29) is 41.4 Å². The van der Waals surface area contributed by atoms with E-state index in [1.807, 2.05) is 0 Å². The summed E-state index contributed by atoms with van der Waals surface area (Å²) in [5.41, 5.74) is 1.33. The standard InChI is InChI=1S/C22H16Cl2N2O3/c23-14-5-8-17(16(24)10-14)25-20(27)11-3-6-15(7-4-11)26-21(28)18-12-1-2-13(9-12)19(18)22(26)29/h1-8,10,12-13,18-19H,9H2,(H,25,27)/t12-,13-,18-,19+/m0/s1. The largest absolute Gasteiger partial charge is 0.321 e. The number of hydrogen-bond donors (Lipinski definition) is 1. The lowest BCUT2D eigenvalue weighted by Gasteiger charge is -2.17. The summed E-state index contributed by atoms with van der Waals surface area (Å²) in [5.74, 6) is -0.774. The van der Waals surface area contributed by atoms with Crippen molar-refractivity contribution < 1.29 is 14.4 Å². The van der Waals surface area contributed by atoms with Crippen LogP contribution in [0.25, 0.3) is 0 Å². The van der Waals surface area contributed by atoms with Gasteiger partial charge in [-0.3, -0.25) is 19.3 Å². The highest BCUT2D eigenvalue weighted by Gasteiger charge is 2.59. The van der Waals surface area contributed by atoms with Crippen molar-refractivity contribution in [3.63, 3.8) is 0 Å². The maximum atomic E-state index is 12.9. The van der Waals surface area contributed by atoms with Crippen LogP contribution < -0.4 is 10.2 Å². The molecule has 2 aromatic rings. The van der Waals surface area contributed by atoms with Gasteiger partial charge in [0.25, 0.3) is 5.91 Å². The SMILES string of the molecule is O=C(Nc1ccc(Cl)cc1Cl)c1ccc(N2C(=O)[C@@H]3[C@H](C2=O)[C@H]2C=C[C@H]3C2)cc1. The zero-order valence-electron chi connectivity index (χ0n) is 15.1. The first-order chi connectivity index (χ1) is 13.9. The minimum atomic E-state index is -0.348. The summed E-state index contributed by atoms with van der Waals surface area (Å²) < 4.78 is 0. The molecule has 146 valence electrons. The van der Waals surface area contributed by atoms with Crippen LogP contribution in [-0.2, 0) is 9.59 Å². The first-order valence-electron chi connectivity index (χ1n) is 9.36. The van der Waals surface area contributed by atoms with Gasteiger partial charge in [0.15, 0.2) is 0 Å². The molecule has 2 fully saturated rings. The Morgan fingerprint density at radius 1 is 0.931 bits per heavy atom. The van der Waals surface area contributed by atoms with Crippen molar-refractivity contribution in [1.82, 2.24) is 0 Å². The molecule has 0 spiro atoms.